The van der Waals surface area contributed by atoms with Gasteiger partial charge >= 0.3 is 0 Å². The second-order valence-electron chi connectivity index (χ2n) is 4.07. The summed E-state index contributed by atoms with van der Waals surface area (Å²) < 4.78 is 27.7. The fraction of sp³-hybridized carbons (Fsp3) is 0.700. The first-order chi connectivity index (χ1) is 7.61. The molecule has 0 spiro atoms. The lowest BCUT2D eigenvalue weighted by atomic mass is 10.00. The Hall–Kier alpha value is -0.880. The monoisotopic (exact) mass is 245 g/mol. The molecular weight excluding hydrogens is 230 g/mol. The Morgan fingerprint density at radius 3 is 2.75 bits per heavy atom. The second-order valence-corrected chi connectivity index (χ2v) is 6.37. The van der Waals surface area contributed by atoms with Crippen molar-refractivity contribution in [1.29, 1.82) is 0 Å². The van der Waals surface area contributed by atoms with Gasteiger partial charge in [0.2, 0.25) is 0 Å². The number of hydrogen-bond donors (Lipinski definition) is 1. The predicted octanol–water partition coefficient (Wildman–Crippen LogP) is 0.502. The van der Waals surface area contributed by atoms with Crippen molar-refractivity contribution in [3.8, 4) is 0 Å². The zero-order valence-electron chi connectivity index (χ0n) is 8.92. The van der Waals surface area contributed by atoms with Crippen molar-refractivity contribution in [1.82, 2.24) is 4.98 Å². The van der Waals surface area contributed by atoms with E-state index in [9.17, 15) is 8.42 Å². The molecule has 0 aliphatic carbocycles. The summed E-state index contributed by atoms with van der Waals surface area (Å²) >= 11 is 0. The van der Waals surface area contributed by atoms with Gasteiger partial charge in [-0.15, -0.1) is 0 Å². The fourth-order valence-corrected chi connectivity index (χ4v) is 3.40. The number of aromatic nitrogens is 1. The van der Waals surface area contributed by atoms with E-state index in [1.807, 2.05) is 0 Å². The standard InChI is InChI=1S/C10H15NO4S/c12-4-1-10-11-9(7-15-10)8-2-5-16(13,14)6-3-8/h7-8,12H,1-6H2. The number of sulfone groups is 1. The van der Waals surface area contributed by atoms with Gasteiger partial charge in [-0.2, -0.15) is 0 Å². The summed E-state index contributed by atoms with van der Waals surface area (Å²) in [4.78, 5) is 4.25. The van der Waals surface area contributed by atoms with Crippen molar-refractivity contribution < 1.29 is 17.9 Å². The van der Waals surface area contributed by atoms with Crippen LogP contribution in [-0.4, -0.2) is 36.6 Å². The van der Waals surface area contributed by atoms with Crippen LogP contribution in [0.3, 0.4) is 0 Å². The van der Waals surface area contributed by atoms with Crippen LogP contribution in [0.25, 0.3) is 0 Å². The van der Waals surface area contributed by atoms with Crippen LogP contribution in [0.15, 0.2) is 10.7 Å². The normalized spacial score (nSPS) is 21.1. The molecule has 16 heavy (non-hydrogen) atoms. The second kappa shape index (κ2) is 4.55. The van der Waals surface area contributed by atoms with Crippen molar-refractivity contribution in [3.05, 3.63) is 17.8 Å². The molecule has 1 aliphatic heterocycles. The molecular formula is C10H15NO4S. The Morgan fingerprint density at radius 2 is 2.12 bits per heavy atom. The minimum Gasteiger partial charge on any atom is -0.449 e. The van der Waals surface area contributed by atoms with E-state index < -0.39 is 9.84 Å². The molecule has 0 atom stereocenters. The summed E-state index contributed by atoms with van der Waals surface area (Å²) in [6, 6.07) is 0. The highest BCUT2D eigenvalue weighted by Gasteiger charge is 2.26. The van der Waals surface area contributed by atoms with Crippen LogP contribution in [0.4, 0.5) is 0 Å². The minimum atomic E-state index is -2.83. The van der Waals surface area contributed by atoms with Gasteiger partial charge in [0.05, 0.1) is 23.8 Å². The van der Waals surface area contributed by atoms with Crippen molar-refractivity contribution in [2.24, 2.45) is 0 Å². The van der Waals surface area contributed by atoms with Gasteiger partial charge in [0.1, 0.15) is 16.1 Å². The van der Waals surface area contributed by atoms with Gasteiger partial charge in [-0.05, 0) is 12.8 Å². The van der Waals surface area contributed by atoms with E-state index in [0.29, 0.717) is 25.2 Å². The zero-order valence-corrected chi connectivity index (χ0v) is 9.74. The Balaban J connectivity index is 2.02. The number of aliphatic hydroxyl groups excluding tert-OH is 1. The minimum absolute atomic E-state index is 0.0129. The highest BCUT2D eigenvalue weighted by atomic mass is 32.2. The quantitative estimate of drug-likeness (QED) is 0.838. The Kier molecular flexibility index (Phi) is 3.30. The maximum atomic E-state index is 11.3. The van der Waals surface area contributed by atoms with Crippen LogP contribution in [-0.2, 0) is 16.3 Å². The van der Waals surface area contributed by atoms with Gasteiger partial charge in [0.25, 0.3) is 0 Å². The van der Waals surface area contributed by atoms with E-state index >= 15 is 0 Å². The fourth-order valence-electron chi connectivity index (χ4n) is 1.91. The van der Waals surface area contributed by atoms with Crippen LogP contribution >= 0.6 is 0 Å². The first-order valence-electron chi connectivity index (χ1n) is 5.36. The summed E-state index contributed by atoms with van der Waals surface area (Å²) in [6.45, 7) is 0.0129. The summed E-state index contributed by atoms with van der Waals surface area (Å²) in [5.74, 6) is 1.17. The molecule has 1 aromatic rings. The van der Waals surface area contributed by atoms with Gasteiger partial charge in [-0.25, -0.2) is 13.4 Å². The topological polar surface area (TPSA) is 80.4 Å². The van der Waals surface area contributed by atoms with Crippen molar-refractivity contribution in [3.63, 3.8) is 0 Å². The summed E-state index contributed by atoms with van der Waals surface area (Å²) in [7, 11) is -2.83. The predicted molar refractivity (Wildman–Crippen MR) is 57.9 cm³/mol. The average Bonchev–Trinajstić information content (AvgIpc) is 2.67. The molecule has 1 saturated heterocycles. The third-order valence-corrected chi connectivity index (χ3v) is 4.58. The van der Waals surface area contributed by atoms with Crippen LogP contribution in [0.1, 0.15) is 30.3 Å². The lowest BCUT2D eigenvalue weighted by Crippen LogP contribution is -2.22. The number of rotatable bonds is 3. The Labute approximate surface area is 94.4 Å². The molecule has 0 saturated carbocycles. The van der Waals surface area contributed by atoms with Crippen LogP contribution in [0.2, 0.25) is 0 Å². The van der Waals surface area contributed by atoms with Gasteiger partial charge in [-0.1, -0.05) is 0 Å². The summed E-state index contributed by atoms with van der Waals surface area (Å²) in [5, 5.41) is 8.73. The van der Waals surface area contributed by atoms with Crippen LogP contribution < -0.4 is 0 Å². The molecule has 0 amide bonds. The number of oxazole rings is 1. The molecule has 6 heteroatoms. The summed E-state index contributed by atoms with van der Waals surface area (Å²) in [5.41, 5.74) is 0.818. The number of aliphatic hydroxyl groups is 1. The van der Waals surface area contributed by atoms with Crippen molar-refractivity contribution >= 4 is 9.84 Å². The summed E-state index contributed by atoms with van der Waals surface area (Å²) in [6.07, 6.45) is 3.22. The van der Waals surface area contributed by atoms with E-state index in [-0.39, 0.29) is 24.0 Å². The Bertz CT molecular complexity index is 437. The number of nitrogens with zero attached hydrogens (tertiary/aromatic N) is 1. The molecule has 0 bridgehead atoms. The van der Waals surface area contributed by atoms with Crippen LogP contribution in [0.5, 0.6) is 0 Å². The van der Waals surface area contributed by atoms with Crippen molar-refractivity contribution in [2.45, 2.75) is 25.2 Å². The van der Waals surface area contributed by atoms with E-state index in [1.54, 1.807) is 6.26 Å². The zero-order chi connectivity index (χ0) is 11.6. The van der Waals surface area contributed by atoms with Crippen LogP contribution in [0, 0.1) is 0 Å². The molecule has 1 fully saturated rings. The maximum absolute atomic E-state index is 11.3. The molecule has 1 aromatic heterocycles. The molecule has 0 unspecified atom stereocenters. The molecule has 90 valence electrons. The molecule has 0 radical (unpaired) electrons. The highest BCUT2D eigenvalue weighted by Crippen LogP contribution is 2.28. The van der Waals surface area contributed by atoms with Gasteiger partial charge in [-0.3, -0.25) is 0 Å². The first kappa shape index (κ1) is 11.6. The maximum Gasteiger partial charge on any atom is 0.196 e. The molecule has 1 N–H and O–H groups in total. The lowest BCUT2D eigenvalue weighted by Gasteiger charge is -2.19. The van der Waals surface area contributed by atoms with E-state index in [1.165, 1.54) is 0 Å². The average molecular weight is 245 g/mol. The molecule has 0 aromatic carbocycles. The smallest absolute Gasteiger partial charge is 0.196 e. The van der Waals surface area contributed by atoms with E-state index in [2.05, 4.69) is 4.98 Å². The number of hydrogen-bond acceptors (Lipinski definition) is 5. The first-order valence-corrected chi connectivity index (χ1v) is 7.18. The van der Waals surface area contributed by atoms with Gasteiger partial charge < -0.3 is 9.52 Å². The Morgan fingerprint density at radius 1 is 1.44 bits per heavy atom. The molecule has 1 aliphatic rings. The third kappa shape index (κ3) is 2.62. The van der Waals surface area contributed by atoms with Crippen molar-refractivity contribution in [2.75, 3.05) is 18.1 Å². The molecule has 2 heterocycles. The SMILES string of the molecule is O=S1(=O)CCC(c2coc(CCO)n2)CC1. The van der Waals surface area contributed by atoms with E-state index in [4.69, 9.17) is 9.52 Å². The lowest BCUT2D eigenvalue weighted by molar-refractivity contribution is 0.285. The largest absolute Gasteiger partial charge is 0.449 e. The molecule has 5 nitrogen and oxygen atoms in total. The molecule has 2 rings (SSSR count). The highest BCUT2D eigenvalue weighted by molar-refractivity contribution is 7.91. The third-order valence-electron chi connectivity index (χ3n) is 2.87. The van der Waals surface area contributed by atoms with E-state index in [0.717, 1.165) is 5.69 Å². The van der Waals surface area contributed by atoms with Gasteiger partial charge in [0.15, 0.2) is 5.89 Å². The van der Waals surface area contributed by atoms with Gasteiger partial charge in [0, 0.05) is 12.3 Å².